The molecule has 0 N–H and O–H groups in total. The Labute approximate surface area is 131 Å². The Bertz CT molecular complexity index is 666. The molecule has 3 nitrogen and oxygen atoms in total. The smallest absolute Gasteiger partial charge is 0.262 e. The van der Waals surface area contributed by atoms with E-state index in [9.17, 15) is 12.8 Å². The van der Waals surface area contributed by atoms with Crippen LogP contribution in [0.25, 0.3) is 0 Å². The summed E-state index contributed by atoms with van der Waals surface area (Å²) < 4.78 is 45.2. The summed E-state index contributed by atoms with van der Waals surface area (Å²) in [6.07, 6.45) is 3.08. The second kappa shape index (κ2) is 4.78. The molecule has 4 aliphatic rings. The van der Waals surface area contributed by atoms with Crippen molar-refractivity contribution in [3.63, 3.8) is 0 Å². The summed E-state index contributed by atoms with van der Waals surface area (Å²) >= 11 is 0. The quantitative estimate of drug-likeness (QED) is 0.798. The van der Waals surface area contributed by atoms with Gasteiger partial charge in [0, 0.05) is 0 Å². The van der Waals surface area contributed by atoms with Crippen molar-refractivity contribution < 1.29 is 17.0 Å². The van der Waals surface area contributed by atoms with Gasteiger partial charge in [0.25, 0.3) is 10.1 Å². The zero-order valence-corrected chi connectivity index (χ0v) is 13.5. The second-order valence-corrected chi connectivity index (χ2v) is 9.02. The molecule has 4 aliphatic carbocycles. The molecule has 22 heavy (non-hydrogen) atoms. The lowest BCUT2D eigenvalue weighted by atomic mass is 9.54. The summed E-state index contributed by atoms with van der Waals surface area (Å²) in [6.45, 7) is 1.91. The molecule has 120 valence electrons. The van der Waals surface area contributed by atoms with Crippen molar-refractivity contribution in [2.24, 2.45) is 17.8 Å². The standard InChI is InChI=1S/C17H21FO3S/c1-11-2-4-15(5-3-11)22(19,20)21-16-13-6-12-7-14(16)10-17(18,8-12)9-13/h2-5,12-14,16H,6-10H2,1H3. The molecule has 0 aliphatic heterocycles. The molecule has 0 amide bonds. The molecule has 0 saturated heterocycles. The van der Waals surface area contributed by atoms with Crippen LogP contribution >= 0.6 is 0 Å². The van der Waals surface area contributed by atoms with Gasteiger partial charge >= 0.3 is 0 Å². The van der Waals surface area contributed by atoms with E-state index in [2.05, 4.69) is 0 Å². The number of hydrogen-bond acceptors (Lipinski definition) is 3. The topological polar surface area (TPSA) is 43.4 Å². The van der Waals surface area contributed by atoms with Gasteiger partial charge in [-0.2, -0.15) is 8.42 Å². The molecule has 4 bridgehead atoms. The summed E-state index contributed by atoms with van der Waals surface area (Å²) in [5, 5.41) is 0. The normalized spacial score (nSPS) is 40.1. The molecule has 2 atom stereocenters. The minimum absolute atomic E-state index is 0.0523. The summed E-state index contributed by atoms with van der Waals surface area (Å²) in [7, 11) is -3.76. The van der Waals surface area contributed by atoms with E-state index in [1.54, 1.807) is 24.3 Å². The fraction of sp³-hybridized carbons (Fsp3) is 0.647. The van der Waals surface area contributed by atoms with Crippen LogP contribution in [-0.4, -0.2) is 20.2 Å². The summed E-state index contributed by atoms with van der Waals surface area (Å²) in [5.41, 5.74) is -0.0581. The molecule has 2 unspecified atom stereocenters. The van der Waals surface area contributed by atoms with Gasteiger partial charge in [0.15, 0.2) is 0 Å². The van der Waals surface area contributed by atoms with Crippen LogP contribution in [-0.2, 0) is 14.3 Å². The number of benzene rings is 1. The predicted octanol–water partition coefficient (Wildman–Crippen LogP) is 3.62. The van der Waals surface area contributed by atoms with Crippen molar-refractivity contribution >= 4 is 10.1 Å². The van der Waals surface area contributed by atoms with Crippen LogP contribution in [0.3, 0.4) is 0 Å². The highest BCUT2D eigenvalue weighted by Crippen LogP contribution is 2.58. The van der Waals surface area contributed by atoms with E-state index in [1.807, 2.05) is 6.92 Å². The van der Waals surface area contributed by atoms with Crippen LogP contribution in [0.1, 0.15) is 37.7 Å². The lowest BCUT2D eigenvalue weighted by Gasteiger charge is -2.56. The summed E-state index contributed by atoms with van der Waals surface area (Å²) in [5.74, 6) is 0.525. The van der Waals surface area contributed by atoms with E-state index in [0.717, 1.165) is 18.4 Å². The Morgan fingerprint density at radius 3 is 2.23 bits per heavy atom. The van der Waals surface area contributed by atoms with Gasteiger partial charge in [0.2, 0.25) is 0 Å². The lowest BCUT2D eigenvalue weighted by molar-refractivity contribution is -0.132. The van der Waals surface area contributed by atoms with Crippen LogP contribution in [0, 0.1) is 24.7 Å². The van der Waals surface area contributed by atoms with E-state index in [1.165, 1.54) is 0 Å². The number of rotatable bonds is 3. The maximum absolute atomic E-state index is 14.7. The van der Waals surface area contributed by atoms with Gasteiger partial charge in [-0.05, 0) is 68.9 Å². The van der Waals surface area contributed by atoms with E-state index in [0.29, 0.717) is 25.2 Å². The van der Waals surface area contributed by atoms with Crippen molar-refractivity contribution in [1.29, 1.82) is 0 Å². The number of hydrogen-bond donors (Lipinski definition) is 0. The molecule has 1 aromatic rings. The highest BCUT2D eigenvalue weighted by molar-refractivity contribution is 7.86. The fourth-order valence-corrected chi connectivity index (χ4v) is 6.13. The van der Waals surface area contributed by atoms with Gasteiger partial charge in [-0.1, -0.05) is 17.7 Å². The monoisotopic (exact) mass is 324 g/mol. The molecule has 5 heteroatoms. The van der Waals surface area contributed by atoms with Gasteiger partial charge in [0.05, 0.1) is 11.0 Å². The molecule has 5 rings (SSSR count). The first-order valence-electron chi connectivity index (χ1n) is 8.04. The van der Waals surface area contributed by atoms with Gasteiger partial charge in [-0.15, -0.1) is 0 Å². The van der Waals surface area contributed by atoms with Gasteiger partial charge in [-0.3, -0.25) is 4.18 Å². The molecular weight excluding hydrogens is 303 g/mol. The largest absolute Gasteiger partial charge is 0.297 e. The minimum Gasteiger partial charge on any atom is -0.262 e. The first-order chi connectivity index (χ1) is 10.3. The Balaban J connectivity index is 1.57. The Kier molecular flexibility index (Phi) is 3.18. The average Bonchev–Trinajstić information content (AvgIpc) is 2.41. The predicted molar refractivity (Wildman–Crippen MR) is 80.6 cm³/mol. The van der Waals surface area contributed by atoms with E-state index >= 15 is 0 Å². The summed E-state index contributed by atoms with van der Waals surface area (Å²) in [4.78, 5) is 0.196. The molecule has 4 saturated carbocycles. The zero-order valence-electron chi connectivity index (χ0n) is 12.7. The van der Waals surface area contributed by atoms with Gasteiger partial charge in [0.1, 0.15) is 5.67 Å². The van der Waals surface area contributed by atoms with Gasteiger partial charge in [-0.25, -0.2) is 4.39 Å². The third-order valence-corrected chi connectivity index (χ3v) is 6.98. The van der Waals surface area contributed by atoms with Crippen molar-refractivity contribution in [1.82, 2.24) is 0 Å². The van der Waals surface area contributed by atoms with E-state index in [4.69, 9.17) is 4.18 Å². The molecule has 4 fully saturated rings. The highest BCUT2D eigenvalue weighted by atomic mass is 32.2. The molecule has 0 aromatic heterocycles. The zero-order chi connectivity index (χ0) is 15.5. The third kappa shape index (κ3) is 2.38. The molecule has 1 aromatic carbocycles. The van der Waals surface area contributed by atoms with Crippen LogP contribution in [0.15, 0.2) is 29.2 Å². The summed E-state index contributed by atoms with van der Waals surface area (Å²) in [6, 6.07) is 6.70. The Morgan fingerprint density at radius 1 is 1.09 bits per heavy atom. The highest BCUT2D eigenvalue weighted by Gasteiger charge is 2.57. The first-order valence-corrected chi connectivity index (χ1v) is 9.44. The number of alkyl halides is 1. The maximum atomic E-state index is 14.7. The van der Waals surface area contributed by atoms with Crippen LogP contribution in [0.5, 0.6) is 0 Å². The van der Waals surface area contributed by atoms with Crippen LogP contribution in [0.4, 0.5) is 4.39 Å². The lowest BCUT2D eigenvalue weighted by Crippen LogP contribution is -2.56. The third-order valence-electron chi connectivity index (χ3n) is 5.66. The van der Waals surface area contributed by atoms with Crippen molar-refractivity contribution in [2.75, 3.05) is 0 Å². The van der Waals surface area contributed by atoms with Crippen LogP contribution < -0.4 is 0 Å². The van der Waals surface area contributed by atoms with E-state index in [-0.39, 0.29) is 22.8 Å². The second-order valence-electron chi connectivity index (χ2n) is 7.45. The van der Waals surface area contributed by atoms with Crippen molar-refractivity contribution in [3.8, 4) is 0 Å². The fourth-order valence-electron chi connectivity index (χ4n) is 4.94. The Hall–Kier alpha value is -0.940. The SMILES string of the molecule is Cc1ccc(S(=O)(=O)OC2C3CC4CC2CC(F)(C4)C3)cc1. The van der Waals surface area contributed by atoms with Crippen molar-refractivity contribution in [2.45, 2.75) is 55.7 Å². The van der Waals surface area contributed by atoms with Gasteiger partial charge < -0.3 is 0 Å². The van der Waals surface area contributed by atoms with Crippen molar-refractivity contribution in [3.05, 3.63) is 29.8 Å². The number of aryl methyl sites for hydroxylation is 1. The van der Waals surface area contributed by atoms with Crippen LogP contribution in [0.2, 0.25) is 0 Å². The maximum Gasteiger partial charge on any atom is 0.297 e. The molecule has 0 heterocycles. The molecular formula is C17H21FO3S. The Morgan fingerprint density at radius 2 is 1.68 bits per heavy atom. The molecule has 0 radical (unpaired) electrons. The van der Waals surface area contributed by atoms with E-state index < -0.39 is 15.8 Å². The number of halogens is 1. The first kappa shape index (κ1) is 14.6. The average molecular weight is 324 g/mol. The minimum atomic E-state index is -3.76. The molecule has 0 spiro atoms.